The van der Waals surface area contributed by atoms with Gasteiger partial charge in [0.25, 0.3) is 0 Å². The third kappa shape index (κ3) is 2.85. The van der Waals surface area contributed by atoms with Gasteiger partial charge in [0.15, 0.2) is 0 Å². The summed E-state index contributed by atoms with van der Waals surface area (Å²) in [6.45, 7) is 3.73. The molecule has 3 aromatic rings. The molecule has 0 unspecified atom stereocenters. The van der Waals surface area contributed by atoms with Gasteiger partial charge in [-0.2, -0.15) is 0 Å². The highest BCUT2D eigenvalue weighted by molar-refractivity contribution is 6.32. The minimum Gasteiger partial charge on any atom is -0.506 e. The van der Waals surface area contributed by atoms with Gasteiger partial charge in [0, 0.05) is 36.9 Å². The maximum atomic E-state index is 9.54. The van der Waals surface area contributed by atoms with Gasteiger partial charge in [-0.25, -0.2) is 9.97 Å². The molecule has 0 spiro atoms. The minimum absolute atomic E-state index is 0.0713. The zero-order chi connectivity index (χ0) is 15.5. The molecule has 1 N–H and O–H groups in total. The Morgan fingerprint density at radius 2 is 1.91 bits per heavy atom. The van der Waals surface area contributed by atoms with Crippen LogP contribution in [0.2, 0.25) is 5.02 Å². The molecule has 1 aromatic carbocycles. The fraction of sp³-hybridized carbons (Fsp3) is 0.250. The Morgan fingerprint density at radius 1 is 1.14 bits per heavy atom. The highest BCUT2D eigenvalue weighted by Crippen LogP contribution is 2.28. The molecule has 2 heterocycles. The highest BCUT2D eigenvalue weighted by Gasteiger charge is 2.11. The van der Waals surface area contributed by atoms with Crippen LogP contribution in [0.3, 0.4) is 0 Å². The smallest absolute Gasteiger partial charge is 0.140 e. The van der Waals surface area contributed by atoms with E-state index in [4.69, 9.17) is 11.6 Å². The zero-order valence-electron chi connectivity index (χ0n) is 12.3. The van der Waals surface area contributed by atoms with Crippen molar-refractivity contribution in [1.29, 1.82) is 0 Å². The van der Waals surface area contributed by atoms with E-state index in [9.17, 15) is 5.11 Å². The van der Waals surface area contributed by atoms with E-state index < -0.39 is 0 Å². The molecule has 5 nitrogen and oxygen atoms in total. The van der Waals surface area contributed by atoms with E-state index in [-0.39, 0.29) is 5.75 Å². The molecule has 0 aliphatic rings. The summed E-state index contributed by atoms with van der Waals surface area (Å²) < 4.78 is 4.17. The summed E-state index contributed by atoms with van der Waals surface area (Å²) in [5.41, 5.74) is 0.862. The van der Waals surface area contributed by atoms with Crippen LogP contribution in [0.4, 0.5) is 0 Å². The molecule has 0 aliphatic heterocycles. The first-order valence-corrected chi connectivity index (χ1v) is 7.57. The summed E-state index contributed by atoms with van der Waals surface area (Å²) in [5, 5.41) is 9.86. The van der Waals surface area contributed by atoms with Crippen LogP contribution in [0.25, 0.3) is 11.4 Å². The number of imidazole rings is 2. The summed E-state index contributed by atoms with van der Waals surface area (Å²) in [4.78, 5) is 8.82. The molecule has 0 bridgehead atoms. The lowest BCUT2D eigenvalue weighted by Crippen LogP contribution is -2.09. The Balaban J connectivity index is 1.91. The molecule has 114 valence electrons. The zero-order valence-corrected chi connectivity index (χ0v) is 13.0. The first-order chi connectivity index (χ1) is 10.7. The van der Waals surface area contributed by atoms with Gasteiger partial charge in [-0.1, -0.05) is 18.5 Å². The van der Waals surface area contributed by atoms with Gasteiger partial charge in [-0.3, -0.25) is 0 Å². The lowest BCUT2D eigenvalue weighted by Gasteiger charge is -2.10. The molecule has 0 fully saturated rings. The second-order valence-corrected chi connectivity index (χ2v) is 5.49. The molecule has 6 heteroatoms. The van der Waals surface area contributed by atoms with Gasteiger partial charge in [0.2, 0.25) is 0 Å². The third-order valence-corrected chi connectivity index (χ3v) is 3.80. The average Bonchev–Trinajstić information content (AvgIpc) is 3.13. The maximum absolute atomic E-state index is 9.54. The van der Waals surface area contributed by atoms with Crippen molar-refractivity contribution in [2.45, 2.75) is 26.4 Å². The third-order valence-electron chi connectivity index (χ3n) is 3.50. The predicted octanol–water partition coefficient (Wildman–Crippen LogP) is 3.56. The number of halogens is 1. The van der Waals surface area contributed by atoms with Crippen LogP contribution in [0.5, 0.6) is 5.75 Å². The van der Waals surface area contributed by atoms with E-state index in [0.717, 1.165) is 30.2 Å². The number of aromatic nitrogens is 4. The van der Waals surface area contributed by atoms with Crippen molar-refractivity contribution in [2.24, 2.45) is 0 Å². The summed E-state index contributed by atoms with van der Waals surface area (Å²) in [5.74, 6) is 1.86. The maximum Gasteiger partial charge on any atom is 0.140 e. The van der Waals surface area contributed by atoms with Crippen molar-refractivity contribution in [1.82, 2.24) is 19.1 Å². The van der Waals surface area contributed by atoms with Gasteiger partial charge in [0.1, 0.15) is 17.4 Å². The van der Waals surface area contributed by atoms with Gasteiger partial charge < -0.3 is 14.2 Å². The molecule has 0 saturated carbocycles. The minimum atomic E-state index is 0.0713. The number of aryl methyl sites for hydroxylation is 1. The van der Waals surface area contributed by atoms with E-state index in [0.29, 0.717) is 11.6 Å². The first kappa shape index (κ1) is 14.7. The standard InChI is InChI=1S/C16H17ClN4O/c1-2-7-20-8-5-18-15(20)11-21-9-6-19-16(21)12-3-4-14(22)13(17)10-12/h3-6,8-10,22H,2,7,11H2,1H3. The second kappa shape index (κ2) is 6.23. The van der Waals surface area contributed by atoms with Gasteiger partial charge in [-0.15, -0.1) is 0 Å². The van der Waals surface area contributed by atoms with Gasteiger partial charge in [0.05, 0.1) is 11.6 Å². The topological polar surface area (TPSA) is 55.9 Å². The van der Waals surface area contributed by atoms with Crippen LogP contribution in [-0.4, -0.2) is 24.2 Å². The van der Waals surface area contributed by atoms with Crippen molar-refractivity contribution >= 4 is 11.6 Å². The molecule has 3 rings (SSSR count). The largest absolute Gasteiger partial charge is 0.506 e. The van der Waals surface area contributed by atoms with Crippen molar-refractivity contribution in [2.75, 3.05) is 0 Å². The van der Waals surface area contributed by atoms with Crippen molar-refractivity contribution < 1.29 is 5.11 Å². The summed E-state index contributed by atoms with van der Waals surface area (Å²) in [6, 6.07) is 5.10. The fourth-order valence-electron chi connectivity index (χ4n) is 2.43. The number of phenols is 1. The molecular weight excluding hydrogens is 300 g/mol. The SMILES string of the molecule is CCCn1ccnc1Cn1ccnc1-c1ccc(O)c(Cl)c1. The summed E-state index contributed by atoms with van der Waals surface area (Å²) in [6.07, 6.45) is 8.55. The summed E-state index contributed by atoms with van der Waals surface area (Å²) in [7, 11) is 0. The Bertz CT molecular complexity index is 778. The number of phenolic OH excluding ortho intramolecular Hbond substituents is 1. The first-order valence-electron chi connectivity index (χ1n) is 7.19. The highest BCUT2D eigenvalue weighted by atomic mass is 35.5. The van der Waals surface area contributed by atoms with Crippen LogP contribution in [0.1, 0.15) is 19.2 Å². The normalized spacial score (nSPS) is 11.0. The Kier molecular flexibility index (Phi) is 4.15. The molecule has 0 atom stereocenters. The number of aromatic hydroxyl groups is 1. The van der Waals surface area contributed by atoms with Crippen molar-refractivity contribution in [3.05, 3.63) is 53.8 Å². The van der Waals surface area contributed by atoms with Crippen molar-refractivity contribution in [3.63, 3.8) is 0 Å². The molecular formula is C16H17ClN4O. The number of benzene rings is 1. The van der Waals surface area contributed by atoms with Gasteiger partial charge >= 0.3 is 0 Å². The second-order valence-electron chi connectivity index (χ2n) is 5.08. The van der Waals surface area contributed by atoms with E-state index >= 15 is 0 Å². The molecule has 0 aliphatic carbocycles. The number of nitrogens with zero attached hydrogens (tertiary/aromatic N) is 4. The Morgan fingerprint density at radius 3 is 2.68 bits per heavy atom. The van der Waals surface area contributed by atoms with Crippen LogP contribution in [0.15, 0.2) is 43.0 Å². The number of rotatable bonds is 5. The van der Waals surface area contributed by atoms with Crippen LogP contribution >= 0.6 is 11.6 Å². The summed E-state index contributed by atoms with van der Waals surface area (Å²) >= 11 is 5.99. The lowest BCUT2D eigenvalue weighted by atomic mass is 10.2. The van der Waals surface area contributed by atoms with Crippen molar-refractivity contribution in [3.8, 4) is 17.1 Å². The van der Waals surface area contributed by atoms with Crippen LogP contribution in [0, 0.1) is 0 Å². The van der Waals surface area contributed by atoms with E-state index in [1.807, 2.05) is 23.2 Å². The Labute approximate surface area is 133 Å². The molecule has 0 saturated heterocycles. The number of hydrogen-bond donors (Lipinski definition) is 1. The quantitative estimate of drug-likeness (QED) is 0.783. The lowest BCUT2D eigenvalue weighted by molar-refractivity contribution is 0.475. The monoisotopic (exact) mass is 316 g/mol. The van der Waals surface area contributed by atoms with E-state index in [1.165, 1.54) is 0 Å². The Hall–Kier alpha value is -2.27. The molecule has 2 aromatic heterocycles. The van der Waals surface area contributed by atoms with Crippen LogP contribution in [-0.2, 0) is 13.1 Å². The molecule has 0 radical (unpaired) electrons. The van der Waals surface area contributed by atoms with E-state index in [1.54, 1.807) is 24.4 Å². The predicted molar refractivity (Wildman–Crippen MR) is 86.0 cm³/mol. The molecule has 22 heavy (non-hydrogen) atoms. The average molecular weight is 317 g/mol. The van der Waals surface area contributed by atoms with Crippen LogP contribution < -0.4 is 0 Å². The molecule has 0 amide bonds. The van der Waals surface area contributed by atoms with Gasteiger partial charge in [-0.05, 0) is 24.6 Å². The fourth-order valence-corrected chi connectivity index (χ4v) is 2.61. The number of hydrogen-bond acceptors (Lipinski definition) is 3. The van der Waals surface area contributed by atoms with E-state index in [2.05, 4.69) is 21.5 Å².